The fourth-order valence-corrected chi connectivity index (χ4v) is 4.94. The first-order valence-electron chi connectivity index (χ1n) is 14.7. The van der Waals surface area contributed by atoms with Gasteiger partial charge in [0, 0.05) is 12.8 Å². The lowest BCUT2D eigenvalue weighted by atomic mass is 9.99. The number of carbonyl (C=O) groups is 1. The van der Waals surface area contributed by atoms with E-state index in [2.05, 4.69) is 39.9 Å². The standard InChI is InChI=1S/C30H44FN5O4/c1-3-5-6-7-8-9-10-11-12-13-14-15-16-17-18-19-25(38)39-21-30(4-2)23(37)20-24(40-30)36-22-33-26-27(32)34-29(31)35-28(26)36/h2,11-12,22-24,37H,3,5-10,13-21H2,1H3,(H2,32,34,35)/b12-11-/t23-,24+,30+/m0/s1. The van der Waals surface area contributed by atoms with Crippen molar-refractivity contribution in [2.75, 3.05) is 12.3 Å². The van der Waals surface area contributed by atoms with E-state index in [1.165, 1.54) is 55.8 Å². The number of carbonyl (C=O) groups excluding carboxylic acids is 1. The molecule has 3 rings (SSSR count). The Morgan fingerprint density at radius 3 is 2.50 bits per heavy atom. The van der Waals surface area contributed by atoms with Gasteiger partial charge in [0.2, 0.25) is 0 Å². The van der Waals surface area contributed by atoms with Crippen molar-refractivity contribution >= 4 is 23.0 Å². The molecule has 3 N–H and O–H groups in total. The van der Waals surface area contributed by atoms with E-state index in [1.54, 1.807) is 0 Å². The number of esters is 1. The maximum Gasteiger partial charge on any atom is 0.312 e. The minimum Gasteiger partial charge on any atom is -0.461 e. The first kappa shape index (κ1) is 31.5. The number of terminal acetylenes is 1. The molecule has 1 aliphatic rings. The summed E-state index contributed by atoms with van der Waals surface area (Å²) < 4.78 is 26.5. The number of unbranched alkanes of at least 4 members (excludes halogenated alkanes) is 11. The highest BCUT2D eigenvalue weighted by atomic mass is 19.1. The highest BCUT2D eigenvalue weighted by Crippen LogP contribution is 2.38. The van der Waals surface area contributed by atoms with E-state index in [-0.39, 0.29) is 42.4 Å². The second-order valence-corrected chi connectivity index (χ2v) is 10.6. The number of rotatable bonds is 18. The Morgan fingerprint density at radius 1 is 1.18 bits per heavy atom. The third kappa shape index (κ3) is 9.00. The molecule has 3 heterocycles. The quantitative estimate of drug-likeness (QED) is 0.0777. The summed E-state index contributed by atoms with van der Waals surface area (Å²) in [4.78, 5) is 23.7. The SMILES string of the molecule is C#C[C@]1(COC(=O)CCCCCCC/C=C\CCCCCCCC)O[C@@H](n2cnc3c(N)nc(F)nc32)C[C@@H]1O. The van der Waals surface area contributed by atoms with Crippen LogP contribution in [0.15, 0.2) is 18.5 Å². The van der Waals surface area contributed by atoms with Gasteiger partial charge in [0.1, 0.15) is 18.9 Å². The molecule has 2 aromatic heterocycles. The number of aromatic nitrogens is 4. The molecule has 0 aliphatic carbocycles. The van der Waals surface area contributed by atoms with Crippen molar-refractivity contribution in [2.24, 2.45) is 0 Å². The van der Waals surface area contributed by atoms with Gasteiger partial charge in [0.15, 0.2) is 22.6 Å². The molecule has 1 fully saturated rings. The molecule has 2 aromatic rings. The van der Waals surface area contributed by atoms with Gasteiger partial charge >= 0.3 is 12.0 Å². The predicted molar refractivity (Wildman–Crippen MR) is 152 cm³/mol. The maximum absolute atomic E-state index is 13.7. The number of nitrogen functional groups attached to an aromatic ring is 1. The second kappa shape index (κ2) is 16.3. The Morgan fingerprint density at radius 2 is 1.82 bits per heavy atom. The van der Waals surface area contributed by atoms with Crippen LogP contribution in [-0.2, 0) is 14.3 Å². The van der Waals surface area contributed by atoms with E-state index in [1.807, 2.05) is 0 Å². The summed E-state index contributed by atoms with van der Waals surface area (Å²) in [6.45, 7) is 1.96. The monoisotopic (exact) mass is 557 g/mol. The average molecular weight is 558 g/mol. The van der Waals surface area contributed by atoms with Crippen LogP contribution in [0.5, 0.6) is 0 Å². The molecule has 220 valence electrons. The molecule has 0 saturated carbocycles. The van der Waals surface area contributed by atoms with Gasteiger partial charge in [-0.3, -0.25) is 9.36 Å². The fourth-order valence-electron chi connectivity index (χ4n) is 4.94. The van der Waals surface area contributed by atoms with Crippen LogP contribution in [0.25, 0.3) is 11.2 Å². The number of aliphatic hydroxyl groups is 1. The Balaban J connectivity index is 1.30. The van der Waals surface area contributed by atoms with E-state index in [9.17, 15) is 14.3 Å². The molecule has 40 heavy (non-hydrogen) atoms. The van der Waals surface area contributed by atoms with Crippen LogP contribution in [0.1, 0.15) is 109 Å². The van der Waals surface area contributed by atoms with Gasteiger partial charge in [-0.05, 0) is 32.1 Å². The summed E-state index contributed by atoms with van der Waals surface area (Å²) in [7, 11) is 0. The lowest BCUT2D eigenvalue weighted by Gasteiger charge is -2.26. The Hall–Kier alpha value is -3.03. The van der Waals surface area contributed by atoms with Crippen LogP contribution >= 0.6 is 0 Å². The Labute approximate surface area is 236 Å². The molecule has 0 spiro atoms. The van der Waals surface area contributed by atoms with Crippen LogP contribution in [-0.4, -0.2) is 48.9 Å². The van der Waals surface area contributed by atoms with Crippen molar-refractivity contribution in [3.8, 4) is 12.3 Å². The van der Waals surface area contributed by atoms with E-state index >= 15 is 0 Å². The number of hydrogen-bond acceptors (Lipinski definition) is 8. The Kier molecular flexibility index (Phi) is 12.8. The normalized spacial score (nSPS) is 20.9. The minimum absolute atomic E-state index is 0.0764. The van der Waals surface area contributed by atoms with Gasteiger partial charge in [-0.25, -0.2) is 4.98 Å². The topological polar surface area (TPSA) is 125 Å². The van der Waals surface area contributed by atoms with E-state index in [0.29, 0.717) is 0 Å². The third-order valence-electron chi connectivity index (χ3n) is 7.38. The van der Waals surface area contributed by atoms with Crippen molar-refractivity contribution < 1.29 is 23.8 Å². The maximum atomic E-state index is 13.7. The molecule has 0 bridgehead atoms. The molecule has 0 radical (unpaired) electrons. The minimum atomic E-state index is -1.53. The number of halogens is 1. The summed E-state index contributed by atoms with van der Waals surface area (Å²) >= 11 is 0. The summed E-state index contributed by atoms with van der Waals surface area (Å²) in [6, 6.07) is 0. The number of hydrogen-bond donors (Lipinski definition) is 2. The van der Waals surface area contributed by atoms with E-state index in [4.69, 9.17) is 21.6 Å². The molecule has 9 nitrogen and oxygen atoms in total. The molecule has 0 amide bonds. The fraction of sp³-hybridized carbons (Fsp3) is 0.667. The molecule has 10 heteroatoms. The van der Waals surface area contributed by atoms with Gasteiger partial charge in [0.05, 0.1) is 6.33 Å². The third-order valence-corrected chi connectivity index (χ3v) is 7.38. The Bertz CT molecular complexity index is 1150. The van der Waals surface area contributed by atoms with Gasteiger partial charge in [-0.15, -0.1) is 6.42 Å². The highest BCUT2D eigenvalue weighted by molar-refractivity contribution is 5.81. The lowest BCUT2D eigenvalue weighted by Crippen LogP contribution is -2.43. The largest absolute Gasteiger partial charge is 0.461 e. The van der Waals surface area contributed by atoms with Crippen LogP contribution < -0.4 is 5.73 Å². The van der Waals surface area contributed by atoms with Gasteiger partial charge in [0.25, 0.3) is 0 Å². The number of ether oxygens (including phenoxy) is 2. The number of anilines is 1. The van der Waals surface area contributed by atoms with Crippen molar-refractivity contribution in [3.63, 3.8) is 0 Å². The van der Waals surface area contributed by atoms with Crippen molar-refractivity contribution in [1.82, 2.24) is 19.5 Å². The first-order valence-corrected chi connectivity index (χ1v) is 14.7. The number of imidazole rings is 1. The predicted octanol–water partition coefficient (Wildman–Crippen LogP) is 5.78. The highest BCUT2D eigenvalue weighted by Gasteiger charge is 2.49. The number of nitrogens with zero attached hydrogens (tertiary/aromatic N) is 4. The van der Waals surface area contributed by atoms with Gasteiger partial charge in [-0.1, -0.05) is 76.4 Å². The van der Waals surface area contributed by atoms with Crippen molar-refractivity contribution in [2.45, 2.75) is 121 Å². The van der Waals surface area contributed by atoms with E-state index in [0.717, 1.165) is 38.5 Å². The summed E-state index contributed by atoms with van der Waals surface area (Å²) in [5, 5.41) is 10.7. The average Bonchev–Trinajstić information content (AvgIpc) is 3.50. The summed E-state index contributed by atoms with van der Waals surface area (Å²) in [5.41, 5.74) is 4.52. The van der Waals surface area contributed by atoms with Gasteiger partial charge < -0.3 is 20.3 Å². The van der Waals surface area contributed by atoms with Crippen molar-refractivity contribution in [3.05, 3.63) is 24.6 Å². The second-order valence-electron chi connectivity index (χ2n) is 10.6. The lowest BCUT2D eigenvalue weighted by molar-refractivity contribution is -0.156. The molecule has 1 aliphatic heterocycles. The first-order chi connectivity index (χ1) is 19.4. The van der Waals surface area contributed by atoms with Crippen LogP contribution in [0.4, 0.5) is 10.2 Å². The van der Waals surface area contributed by atoms with Gasteiger partial charge in [-0.2, -0.15) is 14.4 Å². The molecule has 0 aromatic carbocycles. The van der Waals surface area contributed by atoms with Crippen LogP contribution in [0.2, 0.25) is 0 Å². The molecule has 1 saturated heterocycles. The molecule has 3 atom stereocenters. The van der Waals surface area contributed by atoms with E-state index < -0.39 is 24.0 Å². The molecule has 0 unspecified atom stereocenters. The number of fused-ring (bicyclic) bond motifs is 1. The van der Waals surface area contributed by atoms with Crippen molar-refractivity contribution in [1.29, 1.82) is 0 Å². The van der Waals surface area contributed by atoms with Crippen LogP contribution in [0.3, 0.4) is 0 Å². The number of nitrogens with two attached hydrogens (primary N) is 1. The molecular weight excluding hydrogens is 513 g/mol. The van der Waals surface area contributed by atoms with Crippen LogP contribution in [0, 0.1) is 18.4 Å². The number of aliphatic hydroxyl groups excluding tert-OH is 1. The zero-order valence-electron chi connectivity index (χ0n) is 23.7. The smallest absolute Gasteiger partial charge is 0.312 e. The molecular formula is C30H44FN5O4. The zero-order chi connectivity index (χ0) is 28.8. The summed E-state index contributed by atoms with van der Waals surface area (Å²) in [6.07, 6.45) is 24.5. The zero-order valence-corrected chi connectivity index (χ0v) is 23.7. The number of allylic oxidation sites excluding steroid dienone is 2. The summed E-state index contributed by atoms with van der Waals surface area (Å²) in [5.74, 6) is 1.96.